The average Bonchev–Trinajstić information content (AvgIpc) is 3.27. The van der Waals surface area contributed by atoms with Gasteiger partial charge in [0.25, 0.3) is 0 Å². The van der Waals surface area contributed by atoms with Crippen LogP contribution in [0.4, 0.5) is 0 Å². The standard InChI is InChI=1S/C16H26N8/c1-5-17-16(18-9-15-21-20-12(2)23(15)4)24-7-6-13(11-24)14-8-19-22(3)10-14/h8,10,13H,5-7,9,11H2,1-4H3,(H,17,18). The summed E-state index contributed by atoms with van der Waals surface area (Å²) in [5.41, 5.74) is 1.31. The molecule has 0 saturated carbocycles. The minimum absolute atomic E-state index is 0.514. The van der Waals surface area contributed by atoms with E-state index in [-0.39, 0.29) is 0 Å². The molecule has 0 bridgehead atoms. The maximum atomic E-state index is 4.76. The molecule has 24 heavy (non-hydrogen) atoms. The summed E-state index contributed by atoms with van der Waals surface area (Å²) in [4.78, 5) is 7.08. The molecule has 130 valence electrons. The molecule has 0 radical (unpaired) electrons. The van der Waals surface area contributed by atoms with Gasteiger partial charge >= 0.3 is 0 Å². The smallest absolute Gasteiger partial charge is 0.194 e. The number of hydrogen-bond donors (Lipinski definition) is 1. The van der Waals surface area contributed by atoms with Gasteiger partial charge in [0.15, 0.2) is 11.8 Å². The van der Waals surface area contributed by atoms with Crippen LogP contribution in [-0.4, -0.2) is 55.0 Å². The Hall–Kier alpha value is -2.38. The van der Waals surface area contributed by atoms with E-state index in [2.05, 4.69) is 38.6 Å². The molecule has 1 saturated heterocycles. The summed E-state index contributed by atoms with van der Waals surface area (Å²) in [6, 6.07) is 0. The average molecular weight is 330 g/mol. The lowest BCUT2D eigenvalue weighted by molar-refractivity contribution is 0.485. The van der Waals surface area contributed by atoms with Gasteiger partial charge in [-0.25, -0.2) is 4.99 Å². The Labute approximate surface area is 142 Å². The predicted molar refractivity (Wildman–Crippen MR) is 92.7 cm³/mol. The quantitative estimate of drug-likeness (QED) is 0.663. The summed E-state index contributed by atoms with van der Waals surface area (Å²) in [6.07, 6.45) is 5.21. The molecule has 3 heterocycles. The second kappa shape index (κ2) is 7.02. The van der Waals surface area contributed by atoms with Crippen molar-refractivity contribution in [3.8, 4) is 0 Å². The first-order valence-electron chi connectivity index (χ1n) is 8.45. The summed E-state index contributed by atoms with van der Waals surface area (Å²) in [5, 5.41) is 16.0. The Balaban J connectivity index is 1.69. The van der Waals surface area contributed by atoms with Crippen LogP contribution in [0.2, 0.25) is 0 Å². The van der Waals surface area contributed by atoms with Crippen molar-refractivity contribution in [2.75, 3.05) is 19.6 Å². The Morgan fingerprint density at radius 1 is 1.38 bits per heavy atom. The number of nitrogens with one attached hydrogen (secondary N) is 1. The molecule has 1 aliphatic rings. The number of aromatic nitrogens is 5. The van der Waals surface area contributed by atoms with Crippen LogP contribution in [0.15, 0.2) is 17.4 Å². The van der Waals surface area contributed by atoms with Gasteiger partial charge < -0.3 is 14.8 Å². The summed E-state index contributed by atoms with van der Waals surface area (Å²) in [6.45, 7) is 7.40. The highest BCUT2D eigenvalue weighted by Crippen LogP contribution is 2.26. The van der Waals surface area contributed by atoms with E-state index < -0.39 is 0 Å². The normalized spacial score (nSPS) is 18.4. The number of aryl methyl sites for hydroxylation is 2. The van der Waals surface area contributed by atoms with Gasteiger partial charge in [-0.2, -0.15) is 5.10 Å². The maximum absolute atomic E-state index is 4.76. The first-order chi connectivity index (χ1) is 11.6. The van der Waals surface area contributed by atoms with Gasteiger partial charge in [0.1, 0.15) is 12.4 Å². The van der Waals surface area contributed by atoms with Crippen LogP contribution in [0.25, 0.3) is 0 Å². The zero-order chi connectivity index (χ0) is 17.1. The van der Waals surface area contributed by atoms with Crippen LogP contribution in [0, 0.1) is 6.92 Å². The van der Waals surface area contributed by atoms with Gasteiger partial charge in [-0.1, -0.05) is 0 Å². The second-order valence-corrected chi connectivity index (χ2v) is 6.27. The molecule has 0 amide bonds. The first kappa shape index (κ1) is 16.5. The minimum atomic E-state index is 0.514. The Bertz CT molecular complexity index is 713. The third kappa shape index (κ3) is 3.42. The van der Waals surface area contributed by atoms with Crippen molar-refractivity contribution >= 4 is 5.96 Å². The van der Waals surface area contributed by atoms with Crippen molar-refractivity contribution in [3.05, 3.63) is 29.6 Å². The number of nitrogens with zero attached hydrogens (tertiary/aromatic N) is 7. The molecule has 2 aromatic heterocycles. The molecule has 8 heteroatoms. The van der Waals surface area contributed by atoms with Crippen LogP contribution in [0.3, 0.4) is 0 Å². The van der Waals surface area contributed by atoms with Crippen LogP contribution in [0.5, 0.6) is 0 Å². The highest BCUT2D eigenvalue weighted by atomic mass is 15.3. The molecule has 1 N–H and O–H groups in total. The Morgan fingerprint density at radius 2 is 2.21 bits per heavy atom. The van der Waals surface area contributed by atoms with Gasteiger partial charge in [0.2, 0.25) is 0 Å². The molecule has 3 rings (SSSR count). The molecular formula is C16H26N8. The molecule has 2 aromatic rings. The van der Waals surface area contributed by atoms with Crippen molar-refractivity contribution in [1.82, 2.24) is 34.8 Å². The second-order valence-electron chi connectivity index (χ2n) is 6.27. The van der Waals surface area contributed by atoms with Crippen molar-refractivity contribution in [1.29, 1.82) is 0 Å². The summed E-state index contributed by atoms with van der Waals surface area (Å²) in [7, 11) is 3.94. The van der Waals surface area contributed by atoms with Crippen molar-refractivity contribution in [2.24, 2.45) is 19.1 Å². The summed E-state index contributed by atoms with van der Waals surface area (Å²) < 4.78 is 3.85. The van der Waals surface area contributed by atoms with E-state index in [1.807, 2.05) is 36.5 Å². The molecule has 0 aromatic carbocycles. The van der Waals surface area contributed by atoms with Crippen LogP contribution < -0.4 is 5.32 Å². The Morgan fingerprint density at radius 3 is 2.83 bits per heavy atom. The lowest BCUT2D eigenvalue weighted by Gasteiger charge is -2.21. The first-order valence-corrected chi connectivity index (χ1v) is 8.45. The number of rotatable bonds is 4. The van der Waals surface area contributed by atoms with E-state index in [0.717, 1.165) is 43.7 Å². The molecule has 8 nitrogen and oxygen atoms in total. The molecule has 1 unspecified atom stereocenters. The van der Waals surface area contributed by atoms with Crippen LogP contribution >= 0.6 is 0 Å². The van der Waals surface area contributed by atoms with Crippen LogP contribution in [0.1, 0.15) is 36.5 Å². The fraction of sp³-hybridized carbons (Fsp3) is 0.625. The molecule has 0 aliphatic carbocycles. The number of likely N-dealkylation sites (tertiary alicyclic amines) is 1. The highest BCUT2D eigenvalue weighted by Gasteiger charge is 2.27. The zero-order valence-corrected chi connectivity index (χ0v) is 14.9. The van der Waals surface area contributed by atoms with Gasteiger partial charge in [0.05, 0.1) is 6.20 Å². The molecule has 1 aliphatic heterocycles. The predicted octanol–water partition coefficient (Wildman–Crippen LogP) is 0.812. The lowest BCUT2D eigenvalue weighted by Crippen LogP contribution is -2.40. The number of hydrogen-bond acceptors (Lipinski definition) is 4. The summed E-state index contributed by atoms with van der Waals surface area (Å²) in [5.74, 6) is 3.25. The van der Waals surface area contributed by atoms with Gasteiger partial charge in [-0.15, -0.1) is 10.2 Å². The van der Waals surface area contributed by atoms with E-state index in [1.54, 1.807) is 0 Å². The monoisotopic (exact) mass is 330 g/mol. The third-order valence-electron chi connectivity index (χ3n) is 4.57. The fourth-order valence-electron chi connectivity index (χ4n) is 3.04. The van der Waals surface area contributed by atoms with Gasteiger partial charge in [-0.3, -0.25) is 4.68 Å². The topological polar surface area (TPSA) is 76.2 Å². The molecular weight excluding hydrogens is 304 g/mol. The summed E-state index contributed by atoms with van der Waals surface area (Å²) >= 11 is 0. The maximum Gasteiger partial charge on any atom is 0.194 e. The third-order valence-corrected chi connectivity index (χ3v) is 4.57. The highest BCUT2D eigenvalue weighted by molar-refractivity contribution is 5.80. The molecule has 1 atom stereocenters. The molecule has 0 spiro atoms. The van der Waals surface area contributed by atoms with E-state index >= 15 is 0 Å². The van der Waals surface area contributed by atoms with Crippen molar-refractivity contribution in [3.63, 3.8) is 0 Å². The molecule has 1 fully saturated rings. The van der Waals surface area contributed by atoms with E-state index in [1.165, 1.54) is 5.56 Å². The van der Waals surface area contributed by atoms with Crippen molar-refractivity contribution < 1.29 is 0 Å². The van der Waals surface area contributed by atoms with Crippen LogP contribution in [-0.2, 0) is 20.6 Å². The lowest BCUT2D eigenvalue weighted by atomic mass is 10.0. The van der Waals surface area contributed by atoms with E-state index in [4.69, 9.17) is 4.99 Å². The number of aliphatic imine (C=N–C) groups is 1. The SMILES string of the molecule is CCNC(=NCc1nnc(C)n1C)N1CCC(c2cnn(C)c2)C1. The zero-order valence-electron chi connectivity index (χ0n) is 14.9. The largest absolute Gasteiger partial charge is 0.357 e. The fourth-order valence-corrected chi connectivity index (χ4v) is 3.04. The number of guanidine groups is 1. The van der Waals surface area contributed by atoms with Gasteiger partial charge in [0, 0.05) is 45.8 Å². The van der Waals surface area contributed by atoms with E-state index in [0.29, 0.717) is 12.5 Å². The van der Waals surface area contributed by atoms with E-state index in [9.17, 15) is 0 Å². The minimum Gasteiger partial charge on any atom is -0.357 e. The van der Waals surface area contributed by atoms with Crippen molar-refractivity contribution in [2.45, 2.75) is 32.7 Å². The Kier molecular flexibility index (Phi) is 4.82. The van der Waals surface area contributed by atoms with Gasteiger partial charge in [-0.05, 0) is 25.8 Å².